The fraction of sp³-hybridized carbons (Fsp3) is 0.360. The zero-order chi connectivity index (χ0) is 25.6. The molecule has 1 aromatic carbocycles. The summed E-state index contributed by atoms with van der Waals surface area (Å²) in [6, 6.07) is 8.76. The molecule has 0 atom stereocenters. The fourth-order valence-electron chi connectivity index (χ4n) is 4.78. The first kappa shape index (κ1) is 25.3. The van der Waals surface area contributed by atoms with Crippen molar-refractivity contribution in [2.75, 3.05) is 31.3 Å². The summed E-state index contributed by atoms with van der Waals surface area (Å²) in [5.74, 6) is 0.955. The van der Waals surface area contributed by atoms with Crippen LogP contribution in [0.1, 0.15) is 36.9 Å². The molecule has 1 fully saturated rings. The predicted octanol–water partition coefficient (Wildman–Crippen LogP) is 5.83. The van der Waals surface area contributed by atoms with Crippen LogP contribution in [0.5, 0.6) is 0 Å². The van der Waals surface area contributed by atoms with Crippen molar-refractivity contribution in [3.63, 3.8) is 0 Å². The highest BCUT2D eigenvalue weighted by Crippen LogP contribution is 2.37. The molecule has 0 aliphatic carbocycles. The van der Waals surface area contributed by atoms with Crippen molar-refractivity contribution in [2.45, 2.75) is 32.1 Å². The Morgan fingerprint density at radius 3 is 2.61 bits per heavy atom. The van der Waals surface area contributed by atoms with Crippen molar-refractivity contribution in [1.29, 1.82) is 0 Å². The van der Waals surface area contributed by atoms with Crippen molar-refractivity contribution in [2.24, 2.45) is 0 Å². The van der Waals surface area contributed by atoms with E-state index in [-0.39, 0.29) is 5.82 Å². The molecular weight excluding hydrogens is 565 g/mol. The lowest BCUT2D eigenvalue weighted by Crippen LogP contribution is -2.37. The number of anilines is 2. The van der Waals surface area contributed by atoms with Gasteiger partial charge in [0, 0.05) is 41.8 Å². The van der Waals surface area contributed by atoms with Crippen LogP contribution in [0.15, 0.2) is 46.4 Å². The summed E-state index contributed by atoms with van der Waals surface area (Å²) in [5, 5.41) is 2.78. The monoisotopic (exact) mass is 591 g/mol. The van der Waals surface area contributed by atoms with Gasteiger partial charge in [0.1, 0.15) is 17.3 Å². The van der Waals surface area contributed by atoms with Crippen LogP contribution >= 0.6 is 27.3 Å². The van der Waals surface area contributed by atoms with E-state index >= 15 is 0 Å². The van der Waals surface area contributed by atoms with Crippen molar-refractivity contribution in [1.82, 2.24) is 18.7 Å². The van der Waals surface area contributed by atoms with Crippen LogP contribution in [0.25, 0.3) is 16.9 Å². The second-order valence-corrected chi connectivity index (χ2v) is 12.7. The second-order valence-electron chi connectivity index (χ2n) is 9.06. The summed E-state index contributed by atoms with van der Waals surface area (Å²) < 4.78 is 41.7. The number of nitrogens with zero attached hydrogens (tertiary/aromatic N) is 5. The molecule has 36 heavy (non-hydrogen) atoms. The normalized spacial score (nSPS) is 15.6. The molecule has 11 heteroatoms. The SMILES string of the molecule is CCc1nc2ccc(C3CCN(S(C)(=O)=O)CC3)cn2c1N(C)c1nc(-c2ccc(F)cc2Br)cs1. The summed E-state index contributed by atoms with van der Waals surface area (Å²) >= 11 is 4.97. The molecule has 190 valence electrons. The fourth-order valence-corrected chi connectivity index (χ4v) is 7.00. The van der Waals surface area contributed by atoms with Crippen LogP contribution in [0.4, 0.5) is 15.3 Å². The minimum Gasteiger partial charge on any atom is -0.305 e. The smallest absolute Gasteiger partial charge is 0.211 e. The summed E-state index contributed by atoms with van der Waals surface area (Å²) in [6.07, 6.45) is 5.77. The Labute approximate surface area is 222 Å². The second kappa shape index (κ2) is 9.85. The molecule has 1 aliphatic heterocycles. The molecule has 0 amide bonds. The first-order valence-corrected chi connectivity index (χ1v) is 15.3. The van der Waals surface area contributed by atoms with Gasteiger partial charge in [-0.3, -0.25) is 4.40 Å². The highest BCUT2D eigenvalue weighted by Gasteiger charge is 2.27. The molecule has 0 radical (unpaired) electrons. The highest BCUT2D eigenvalue weighted by atomic mass is 79.9. The van der Waals surface area contributed by atoms with Gasteiger partial charge in [-0.25, -0.2) is 27.1 Å². The number of aryl methyl sites for hydroxylation is 1. The largest absolute Gasteiger partial charge is 0.305 e. The molecule has 0 N–H and O–H groups in total. The highest BCUT2D eigenvalue weighted by molar-refractivity contribution is 9.10. The molecule has 1 aliphatic rings. The van der Waals surface area contributed by atoms with E-state index in [4.69, 9.17) is 9.97 Å². The molecule has 4 aromatic rings. The van der Waals surface area contributed by atoms with E-state index in [1.165, 1.54) is 35.3 Å². The average Bonchev–Trinajstić information content (AvgIpc) is 3.48. The lowest BCUT2D eigenvalue weighted by Gasteiger charge is -2.30. The number of hydrogen-bond donors (Lipinski definition) is 0. The molecular formula is C25H27BrFN5O2S2. The Balaban J connectivity index is 1.47. The number of piperidine rings is 1. The lowest BCUT2D eigenvalue weighted by molar-refractivity contribution is 0.321. The molecule has 0 saturated carbocycles. The number of hydrogen-bond acceptors (Lipinski definition) is 6. The number of halogens is 2. The van der Waals surface area contributed by atoms with E-state index in [9.17, 15) is 12.8 Å². The minimum absolute atomic E-state index is 0.292. The van der Waals surface area contributed by atoms with Gasteiger partial charge in [0.25, 0.3) is 0 Å². The number of fused-ring (bicyclic) bond motifs is 1. The van der Waals surface area contributed by atoms with Gasteiger partial charge in [0.2, 0.25) is 10.0 Å². The van der Waals surface area contributed by atoms with Crippen molar-refractivity contribution in [3.05, 3.63) is 63.5 Å². The predicted molar refractivity (Wildman–Crippen MR) is 146 cm³/mol. The van der Waals surface area contributed by atoms with Crippen LogP contribution in [0.2, 0.25) is 0 Å². The lowest BCUT2D eigenvalue weighted by atomic mass is 9.91. The number of pyridine rings is 1. The molecule has 3 aromatic heterocycles. The molecule has 7 nitrogen and oxygen atoms in total. The summed E-state index contributed by atoms with van der Waals surface area (Å²) in [4.78, 5) is 11.8. The maximum atomic E-state index is 13.6. The Hall–Kier alpha value is -2.34. The third kappa shape index (κ3) is 4.81. The maximum Gasteiger partial charge on any atom is 0.211 e. The number of benzene rings is 1. The number of rotatable bonds is 6. The van der Waals surface area contributed by atoms with Gasteiger partial charge in [-0.2, -0.15) is 0 Å². The number of aromatic nitrogens is 3. The van der Waals surface area contributed by atoms with Crippen LogP contribution < -0.4 is 4.90 Å². The Morgan fingerprint density at radius 2 is 1.94 bits per heavy atom. The average molecular weight is 593 g/mol. The quantitative estimate of drug-likeness (QED) is 0.282. The zero-order valence-corrected chi connectivity index (χ0v) is 23.5. The van der Waals surface area contributed by atoms with E-state index in [2.05, 4.69) is 44.4 Å². The third-order valence-corrected chi connectivity index (χ3v) is 9.60. The Bertz CT molecular complexity index is 1530. The van der Waals surface area contributed by atoms with Gasteiger partial charge in [0.05, 0.1) is 17.6 Å². The first-order valence-electron chi connectivity index (χ1n) is 11.8. The Kier molecular flexibility index (Phi) is 6.92. The van der Waals surface area contributed by atoms with Gasteiger partial charge in [-0.05, 0) is 70.9 Å². The van der Waals surface area contributed by atoms with Crippen molar-refractivity contribution >= 4 is 53.9 Å². The molecule has 4 heterocycles. The summed E-state index contributed by atoms with van der Waals surface area (Å²) in [5.41, 5.74) is 4.63. The van der Waals surface area contributed by atoms with Crippen molar-refractivity contribution in [3.8, 4) is 11.3 Å². The van der Waals surface area contributed by atoms with E-state index in [0.717, 1.165) is 52.8 Å². The number of thiazole rings is 1. The van der Waals surface area contributed by atoms with Crippen molar-refractivity contribution < 1.29 is 12.8 Å². The van der Waals surface area contributed by atoms with E-state index in [1.807, 2.05) is 18.5 Å². The van der Waals surface area contributed by atoms with Crippen LogP contribution in [0.3, 0.4) is 0 Å². The van der Waals surface area contributed by atoms with Crippen LogP contribution in [-0.2, 0) is 16.4 Å². The number of imidazole rings is 1. The minimum atomic E-state index is -3.15. The molecule has 0 unspecified atom stereocenters. The molecule has 5 rings (SSSR count). The molecule has 0 bridgehead atoms. The van der Waals surface area contributed by atoms with Gasteiger partial charge < -0.3 is 4.90 Å². The first-order chi connectivity index (χ1) is 17.2. The van der Waals surface area contributed by atoms with E-state index in [1.54, 1.807) is 10.4 Å². The molecule has 1 saturated heterocycles. The van der Waals surface area contributed by atoms with Crippen LogP contribution in [-0.4, -0.2) is 53.5 Å². The summed E-state index contributed by atoms with van der Waals surface area (Å²) in [7, 11) is -1.17. The zero-order valence-electron chi connectivity index (χ0n) is 20.3. The van der Waals surface area contributed by atoms with E-state index in [0.29, 0.717) is 23.5 Å². The van der Waals surface area contributed by atoms with Crippen LogP contribution in [0, 0.1) is 5.82 Å². The topological polar surface area (TPSA) is 70.8 Å². The van der Waals surface area contributed by atoms with E-state index < -0.39 is 10.0 Å². The Morgan fingerprint density at radius 1 is 1.19 bits per heavy atom. The third-order valence-electron chi connectivity index (χ3n) is 6.72. The van der Waals surface area contributed by atoms with Gasteiger partial charge >= 0.3 is 0 Å². The van der Waals surface area contributed by atoms with Gasteiger partial charge in [-0.1, -0.05) is 13.0 Å². The number of sulfonamides is 1. The van der Waals surface area contributed by atoms with Gasteiger partial charge in [0.15, 0.2) is 5.13 Å². The summed E-state index contributed by atoms with van der Waals surface area (Å²) in [6.45, 7) is 3.17. The van der Waals surface area contributed by atoms with Gasteiger partial charge in [-0.15, -0.1) is 11.3 Å². The standard InChI is InChI=1S/C25H27BrFN5O2S2/c1-4-21-24(30(2)25-29-22(15-35-25)19-7-6-18(27)13-20(19)26)32-14-17(5-8-23(32)28-21)16-9-11-31(12-10-16)36(3,33)34/h5-8,13-16H,4,9-12H2,1-3H3. The maximum absolute atomic E-state index is 13.6. The molecule has 0 spiro atoms.